The molecule has 3 rings (SSSR count). The van der Waals surface area contributed by atoms with Crippen molar-refractivity contribution in [2.24, 2.45) is 0 Å². The number of hydrogen-bond donors (Lipinski definition) is 1. The molecule has 1 N–H and O–H groups in total. The van der Waals surface area contributed by atoms with Crippen LogP contribution in [0.5, 0.6) is 0 Å². The van der Waals surface area contributed by atoms with Gasteiger partial charge in [-0.05, 0) is 30.8 Å². The molecule has 5 heteroatoms. The third-order valence-electron chi connectivity index (χ3n) is 3.09. The summed E-state index contributed by atoms with van der Waals surface area (Å²) < 4.78 is 6.72. The van der Waals surface area contributed by atoms with Crippen molar-refractivity contribution in [3.05, 3.63) is 56.4 Å². The number of thiophene rings is 1. The fraction of sp³-hybridized carbons (Fsp3) is 0.200. The summed E-state index contributed by atoms with van der Waals surface area (Å²) in [6, 6.07) is 11.7. The molecule has 104 valence electrons. The van der Waals surface area contributed by atoms with Crippen LogP contribution in [0.2, 0.25) is 9.36 Å². The molecule has 2 heterocycles. The van der Waals surface area contributed by atoms with Crippen molar-refractivity contribution in [3.8, 4) is 0 Å². The number of hydrogen-bond acceptors (Lipinski definition) is 3. The van der Waals surface area contributed by atoms with Gasteiger partial charge in [0.05, 0.1) is 9.36 Å². The second-order valence-electron chi connectivity index (χ2n) is 4.44. The summed E-state index contributed by atoms with van der Waals surface area (Å²) >= 11 is 13.8. The van der Waals surface area contributed by atoms with E-state index in [1.165, 1.54) is 0 Å². The number of nitrogens with one attached hydrogen (secondary N) is 1. The van der Waals surface area contributed by atoms with Gasteiger partial charge >= 0.3 is 0 Å². The molecule has 0 fully saturated rings. The molecule has 0 bridgehead atoms. The summed E-state index contributed by atoms with van der Waals surface area (Å²) in [6.07, 6.45) is 0. The zero-order valence-electron chi connectivity index (χ0n) is 10.8. The van der Waals surface area contributed by atoms with Gasteiger partial charge in [0.15, 0.2) is 5.58 Å². The van der Waals surface area contributed by atoms with E-state index < -0.39 is 0 Å². The van der Waals surface area contributed by atoms with Gasteiger partial charge in [-0.25, -0.2) is 0 Å². The van der Waals surface area contributed by atoms with Crippen LogP contribution in [0.3, 0.4) is 0 Å². The lowest BCUT2D eigenvalue weighted by molar-refractivity contribution is 0.481. The van der Waals surface area contributed by atoms with Crippen LogP contribution in [0.1, 0.15) is 23.6 Å². The van der Waals surface area contributed by atoms with Crippen LogP contribution < -0.4 is 5.32 Å². The Bertz CT molecular complexity index is 734. The third-order valence-corrected chi connectivity index (χ3v) is 4.68. The molecular weight excluding hydrogens is 313 g/mol. The first-order valence-corrected chi connectivity index (χ1v) is 7.93. The molecular formula is C15H13Cl2NOS. The van der Waals surface area contributed by atoms with Gasteiger partial charge in [-0.1, -0.05) is 42.3 Å². The molecule has 0 aliphatic carbocycles. The molecule has 3 aromatic rings. The normalized spacial score (nSPS) is 12.9. The Balaban J connectivity index is 2.07. The maximum Gasteiger partial charge on any atom is 0.152 e. The highest BCUT2D eigenvalue weighted by Crippen LogP contribution is 2.35. The molecule has 2 nitrogen and oxygen atoms in total. The molecule has 0 saturated heterocycles. The molecule has 1 atom stereocenters. The first-order chi connectivity index (χ1) is 9.69. The smallest absolute Gasteiger partial charge is 0.152 e. The Kier molecular flexibility index (Phi) is 4.03. The van der Waals surface area contributed by atoms with Crippen molar-refractivity contribution in [2.75, 3.05) is 6.54 Å². The third kappa shape index (κ3) is 2.59. The Morgan fingerprint density at radius 2 is 2.10 bits per heavy atom. The maximum absolute atomic E-state index is 6.17. The molecule has 0 aliphatic rings. The van der Waals surface area contributed by atoms with Crippen LogP contribution in [0.25, 0.3) is 11.0 Å². The minimum absolute atomic E-state index is 0.000895. The number of halogens is 2. The largest absolute Gasteiger partial charge is 0.457 e. The predicted molar refractivity (Wildman–Crippen MR) is 86.1 cm³/mol. The second kappa shape index (κ2) is 5.78. The number of furan rings is 1. The molecule has 0 saturated carbocycles. The average Bonchev–Trinajstić information content (AvgIpc) is 3.03. The van der Waals surface area contributed by atoms with Gasteiger partial charge < -0.3 is 9.73 Å². The van der Waals surface area contributed by atoms with Crippen LogP contribution in [0, 0.1) is 0 Å². The topological polar surface area (TPSA) is 25.2 Å². The minimum atomic E-state index is 0.000895. The van der Waals surface area contributed by atoms with E-state index in [9.17, 15) is 0 Å². The highest BCUT2D eigenvalue weighted by atomic mass is 35.5. The standard InChI is InChI=1S/C15H13Cl2NOS/c1-2-18-14(12-6-7-13(17)20-12)11-8-9-4-3-5-10(16)15(9)19-11/h3-8,14,18H,2H2,1H3. The monoisotopic (exact) mass is 325 g/mol. The first kappa shape index (κ1) is 14.0. The van der Waals surface area contributed by atoms with Crippen LogP contribution >= 0.6 is 34.5 Å². The van der Waals surface area contributed by atoms with Crippen molar-refractivity contribution < 1.29 is 4.42 Å². The summed E-state index contributed by atoms with van der Waals surface area (Å²) in [6.45, 7) is 2.91. The van der Waals surface area contributed by atoms with Crippen LogP contribution in [0.15, 0.2) is 40.8 Å². The van der Waals surface area contributed by atoms with E-state index >= 15 is 0 Å². The van der Waals surface area contributed by atoms with Gasteiger partial charge in [0.1, 0.15) is 11.8 Å². The van der Waals surface area contributed by atoms with Crippen molar-refractivity contribution in [2.45, 2.75) is 13.0 Å². The number of rotatable bonds is 4. The lowest BCUT2D eigenvalue weighted by Crippen LogP contribution is -2.20. The summed E-state index contributed by atoms with van der Waals surface area (Å²) in [5, 5.41) is 5.07. The van der Waals surface area contributed by atoms with Crippen LogP contribution in [-0.4, -0.2) is 6.54 Å². The van der Waals surface area contributed by atoms with E-state index in [-0.39, 0.29) is 6.04 Å². The quantitative estimate of drug-likeness (QED) is 0.685. The molecule has 2 aromatic heterocycles. The average molecular weight is 326 g/mol. The van der Waals surface area contributed by atoms with E-state index in [1.54, 1.807) is 11.3 Å². The number of para-hydroxylation sites is 1. The van der Waals surface area contributed by atoms with Gasteiger partial charge in [-0.3, -0.25) is 0 Å². The molecule has 20 heavy (non-hydrogen) atoms. The lowest BCUT2D eigenvalue weighted by Gasteiger charge is -2.13. The first-order valence-electron chi connectivity index (χ1n) is 6.35. The van der Waals surface area contributed by atoms with Crippen molar-refractivity contribution in [3.63, 3.8) is 0 Å². The van der Waals surface area contributed by atoms with E-state index in [0.717, 1.165) is 32.5 Å². The molecule has 0 amide bonds. The van der Waals surface area contributed by atoms with Crippen molar-refractivity contribution in [1.82, 2.24) is 5.32 Å². The maximum atomic E-state index is 6.17. The lowest BCUT2D eigenvalue weighted by atomic mass is 10.1. The summed E-state index contributed by atoms with van der Waals surface area (Å²) in [5.41, 5.74) is 0.731. The second-order valence-corrected chi connectivity index (χ2v) is 6.59. The minimum Gasteiger partial charge on any atom is -0.457 e. The Morgan fingerprint density at radius 1 is 1.25 bits per heavy atom. The van der Waals surface area contributed by atoms with E-state index in [1.807, 2.05) is 36.4 Å². The predicted octanol–water partition coefficient (Wildman–Crippen LogP) is 5.50. The number of fused-ring (bicyclic) bond motifs is 1. The van der Waals surface area contributed by atoms with E-state index in [2.05, 4.69) is 12.2 Å². The van der Waals surface area contributed by atoms with Gasteiger partial charge in [-0.15, -0.1) is 11.3 Å². The highest BCUT2D eigenvalue weighted by molar-refractivity contribution is 7.16. The molecule has 0 radical (unpaired) electrons. The van der Waals surface area contributed by atoms with E-state index in [0.29, 0.717) is 5.02 Å². The molecule has 1 aromatic carbocycles. The number of benzene rings is 1. The Labute approximate surface area is 131 Å². The van der Waals surface area contributed by atoms with Crippen LogP contribution in [-0.2, 0) is 0 Å². The highest BCUT2D eigenvalue weighted by Gasteiger charge is 2.20. The summed E-state index contributed by atoms with van der Waals surface area (Å²) in [4.78, 5) is 1.13. The van der Waals surface area contributed by atoms with Gasteiger partial charge in [0.25, 0.3) is 0 Å². The molecule has 0 spiro atoms. The van der Waals surface area contributed by atoms with E-state index in [4.69, 9.17) is 27.6 Å². The van der Waals surface area contributed by atoms with Crippen LogP contribution in [0.4, 0.5) is 0 Å². The summed E-state index contributed by atoms with van der Waals surface area (Å²) in [5.74, 6) is 0.855. The van der Waals surface area contributed by atoms with Gasteiger partial charge in [-0.2, -0.15) is 0 Å². The van der Waals surface area contributed by atoms with Gasteiger partial charge in [0, 0.05) is 10.3 Å². The SMILES string of the molecule is CCNC(c1cc2cccc(Cl)c2o1)c1ccc(Cl)s1. The Hall–Kier alpha value is -1.000. The van der Waals surface area contributed by atoms with Crippen molar-refractivity contribution in [1.29, 1.82) is 0 Å². The fourth-order valence-electron chi connectivity index (χ4n) is 2.22. The van der Waals surface area contributed by atoms with Crippen molar-refractivity contribution >= 4 is 45.5 Å². The molecule has 1 unspecified atom stereocenters. The zero-order chi connectivity index (χ0) is 14.1. The fourth-order valence-corrected chi connectivity index (χ4v) is 3.58. The van der Waals surface area contributed by atoms with Gasteiger partial charge in [0.2, 0.25) is 0 Å². The Morgan fingerprint density at radius 3 is 2.75 bits per heavy atom. The molecule has 0 aliphatic heterocycles. The summed E-state index contributed by atoms with van der Waals surface area (Å²) in [7, 11) is 0. The zero-order valence-corrected chi connectivity index (χ0v) is 13.1.